The van der Waals surface area contributed by atoms with E-state index in [1.54, 1.807) is 7.11 Å². The number of rotatable bonds is 4. The molecule has 1 heterocycles. The maximum absolute atomic E-state index is 5.66. The maximum atomic E-state index is 5.66. The zero-order valence-electron chi connectivity index (χ0n) is 10.9. The average molecular weight is 235 g/mol. The summed E-state index contributed by atoms with van der Waals surface area (Å²) in [6, 6.07) is 4.23. The topological polar surface area (TPSA) is 30.5 Å². The largest absolute Gasteiger partial charge is 0.496 e. The lowest BCUT2D eigenvalue weighted by atomic mass is 9.95. The highest BCUT2D eigenvalue weighted by molar-refractivity contribution is 5.48. The summed E-state index contributed by atoms with van der Waals surface area (Å²) in [4.78, 5) is 0. The highest BCUT2D eigenvalue weighted by Gasteiger charge is 2.21. The van der Waals surface area contributed by atoms with E-state index in [1.807, 2.05) is 6.92 Å². The lowest BCUT2D eigenvalue weighted by Gasteiger charge is -2.17. The number of aryl methyl sites for hydroxylation is 1. The van der Waals surface area contributed by atoms with Crippen LogP contribution in [0.2, 0.25) is 0 Å². The second-order valence-corrected chi connectivity index (χ2v) is 4.48. The van der Waals surface area contributed by atoms with Crippen molar-refractivity contribution in [3.63, 3.8) is 0 Å². The fourth-order valence-electron chi connectivity index (χ4n) is 2.40. The van der Waals surface area contributed by atoms with Crippen LogP contribution in [0, 0.1) is 6.92 Å². The van der Waals surface area contributed by atoms with Crippen LogP contribution in [-0.2, 0) is 0 Å². The molecule has 0 aromatic heterocycles. The Morgan fingerprint density at radius 1 is 1.35 bits per heavy atom. The van der Waals surface area contributed by atoms with Gasteiger partial charge in [0.2, 0.25) is 0 Å². The highest BCUT2D eigenvalue weighted by Crippen LogP contribution is 2.35. The Bertz CT molecular complexity index is 384. The van der Waals surface area contributed by atoms with Crippen molar-refractivity contribution >= 4 is 0 Å². The molecule has 1 fully saturated rings. The Balaban J connectivity index is 2.36. The van der Waals surface area contributed by atoms with Gasteiger partial charge in [-0.05, 0) is 44.5 Å². The van der Waals surface area contributed by atoms with Crippen LogP contribution in [0.3, 0.4) is 0 Å². The summed E-state index contributed by atoms with van der Waals surface area (Å²) >= 11 is 0. The number of nitrogens with one attached hydrogen (secondary N) is 1. The van der Waals surface area contributed by atoms with Crippen molar-refractivity contribution in [1.82, 2.24) is 5.32 Å². The Morgan fingerprint density at radius 3 is 2.76 bits per heavy atom. The number of benzene rings is 1. The van der Waals surface area contributed by atoms with Crippen molar-refractivity contribution < 1.29 is 9.47 Å². The minimum absolute atomic E-state index is 0.546. The van der Waals surface area contributed by atoms with Gasteiger partial charge in [-0.2, -0.15) is 0 Å². The van der Waals surface area contributed by atoms with Crippen molar-refractivity contribution in [1.29, 1.82) is 0 Å². The van der Waals surface area contributed by atoms with E-state index in [9.17, 15) is 0 Å². The molecule has 1 atom stereocenters. The van der Waals surface area contributed by atoms with Gasteiger partial charge in [-0.1, -0.05) is 0 Å². The fraction of sp³-hybridized carbons (Fsp3) is 0.571. The number of methoxy groups -OCH3 is 1. The molecule has 3 heteroatoms. The first-order valence-corrected chi connectivity index (χ1v) is 6.28. The maximum Gasteiger partial charge on any atom is 0.122 e. The summed E-state index contributed by atoms with van der Waals surface area (Å²) in [7, 11) is 1.74. The van der Waals surface area contributed by atoms with Crippen LogP contribution in [0.25, 0.3) is 0 Å². The van der Waals surface area contributed by atoms with Crippen LogP contribution in [0.4, 0.5) is 0 Å². The van der Waals surface area contributed by atoms with E-state index < -0.39 is 0 Å². The third-order valence-electron chi connectivity index (χ3n) is 3.33. The molecular weight excluding hydrogens is 214 g/mol. The van der Waals surface area contributed by atoms with Crippen molar-refractivity contribution in [3.05, 3.63) is 23.3 Å². The molecule has 1 aromatic carbocycles. The van der Waals surface area contributed by atoms with Gasteiger partial charge in [0.05, 0.1) is 13.7 Å². The smallest absolute Gasteiger partial charge is 0.122 e. The molecule has 94 valence electrons. The van der Waals surface area contributed by atoms with E-state index in [0.29, 0.717) is 12.5 Å². The molecule has 0 saturated carbocycles. The van der Waals surface area contributed by atoms with Crippen LogP contribution in [-0.4, -0.2) is 26.8 Å². The first-order valence-electron chi connectivity index (χ1n) is 6.28. The average Bonchev–Trinajstić information content (AvgIpc) is 2.85. The molecule has 1 unspecified atom stereocenters. The fourth-order valence-corrected chi connectivity index (χ4v) is 2.40. The van der Waals surface area contributed by atoms with E-state index >= 15 is 0 Å². The molecule has 0 radical (unpaired) electrons. The molecule has 0 bridgehead atoms. The van der Waals surface area contributed by atoms with Gasteiger partial charge in [-0.15, -0.1) is 0 Å². The van der Waals surface area contributed by atoms with Gasteiger partial charge < -0.3 is 14.8 Å². The Morgan fingerprint density at radius 2 is 2.18 bits per heavy atom. The normalized spacial score (nSPS) is 19.4. The van der Waals surface area contributed by atoms with Gasteiger partial charge >= 0.3 is 0 Å². The third kappa shape index (κ3) is 2.55. The summed E-state index contributed by atoms with van der Waals surface area (Å²) in [5, 5.41) is 3.39. The summed E-state index contributed by atoms with van der Waals surface area (Å²) < 4.78 is 11.1. The molecule has 1 saturated heterocycles. The first kappa shape index (κ1) is 12.2. The lowest BCUT2D eigenvalue weighted by Crippen LogP contribution is -2.09. The molecule has 1 aliphatic heterocycles. The van der Waals surface area contributed by atoms with Gasteiger partial charge in [-0.25, -0.2) is 0 Å². The standard InChI is InChI=1S/C14H21NO2/c1-4-17-13-8-12(11-5-6-15-9-11)14(16-3)7-10(13)2/h7-8,11,15H,4-6,9H2,1-3H3. The summed E-state index contributed by atoms with van der Waals surface area (Å²) in [6.07, 6.45) is 1.17. The zero-order chi connectivity index (χ0) is 12.3. The minimum atomic E-state index is 0.546. The molecule has 3 nitrogen and oxygen atoms in total. The predicted molar refractivity (Wildman–Crippen MR) is 69.1 cm³/mol. The van der Waals surface area contributed by atoms with Crippen molar-refractivity contribution in [2.75, 3.05) is 26.8 Å². The van der Waals surface area contributed by atoms with Gasteiger partial charge in [0.15, 0.2) is 0 Å². The van der Waals surface area contributed by atoms with E-state index in [0.717, 1.165) is 30.2 Å². The molecule has 1 N–H and O–H groups in total. The number of ether oxygens (including phenoxy) is 2. The van der Waals surface area contributed by atoms with Gasteiger partial charge in [0, 0.05) is 18.0 Å². The molecule has 2 rings (SSSR count). The Hall–Kier alpha value is -1.22. The quantitative estimate of drug-likeness (QED) is 0.869. The number of hydrogen-bond donors (Lipinski definition) is 1. The first-order chi connectivity index (χ1) is 8.26. The van der Waals surface area contributed by atoms with Crippen LogP contribution in [0.5, 0.6) is 11.5 Å². The van der Waals surface area contributed by atoms with E-state index in [2.05, 4.69) is 24.4 Å². The molecule has 1 aromatic rings. The number of hydrogen-bond acceptors (Lipinski definition) is 3. The van der Waals surface area contributed by atoms with Gasteiger partial charge in [0.25, 0.3) is 0 Å². The Labute approximate surface area is 103 Å². The minimum Gasteiger partial charge on any atom is -0.496 e. The second kappa shape index (κ2) is 5.41. The van der Waals surface area contributed by atoms with Crippen LogP contribution in [0.1, 0.15) is 30.4 Å². The molecule has 17 heavy (non-hydrogen) atoms. The van der Waals surface area contributed by atoms with Crippen LogP contribution < -0.4 is 14.8 Å². The highest BCUT2D eigenvalue weighted by atomic mass is 16.5. The van der Waals surface area contributed by atoms with Crippen molar-refractivity contribution in [2.24, 2.45) is 0 Å². The zero-order valence-corrected chi connectivity index (χ0v) is 10.9. The van der Waals surface area contributed by atoms with E-state index in [-0.39, 0.29) is 0 Å². The molecule has 0 amide bonds. The van der Waals surface area contributed by atoms with Crippen molar-refractivity contribution in [2.45, 2.75) is 26.2 Å². The third-order valence-corrected chi connectivity index (χ3v) is 3.33. The molecular formula is C14H21NO2. The van der Waals surface area contributed by atoms with Crippen molar-refractivity contribution in [3.8, 4) is 11.5 Å². The Kier molecular flexibility index (Phi) is 3.89. The summed E-state index contributed by atoms with van der Waals surface area (Å²) in [5.74, 6) is 2.51. The van der Waals surface area contributed by atoms with Gasteiger partial charge in [-0.3, -0.25) is 0 Å². The molecule has 0 spiro atoms. The SMILES string of the molecule is CCOc1cc(C2CCNC2)c(OC)cc1C. The lowest BCUT2D eigenvalue weighted by molar-refractivity contribution is 0.335. The molecule has 1 aliphatic rings. The monoisotopic (exact) mass is 235 g/mol. The predicted octanol–water partition coefficient (Wildman–Crippen LogP) is 2.48. The van der Waals surface area contributed by atoms with Crippen LogP contribution in [0.15, 0.2) is 12.1 Å². The van der Waals surface area contributed by atoms with Gasteiger partial charge in [0.1, 0.15) is 11.5 Å². The summed E-state index contributed by atoms with van der Waals surface area (Å²) in [6.45, 7) is 6.90. The van der Waals surface area contributed by atoms with E-state index in [4.69, 9.17) is 9.47 Å². The summed E-state index contributed by atoms with van der Waals surface area (Å²) in [5.41, 5.74) is 2.41. The second-order valence-electron chi connectivity index (χ2n) is 4.48. The van der Waals surface area contributed by atoms with Crippen LogP contribution >= 0.6 is 0 Å². The van der Waals surface area contributed by atoms with E-state index in [1.165, 1.54) is 12.0 Å². The molecule has 0 aliphatic carbocycles.